The molecule has 82 valence electrons. The van der Waals surface area contributed by atoms with Crippen LogP contribution in [0, 0.1) is 11.8 Å². The third kappa shape index (κ3) is 8.10. The fourth-order valence-corrected chi connectivity index (χ4v) is 1.84. The Morgan fingerprint density at radius 3 is 2.36 bits per heavy atom. The minimum absolute atomic E-state index is 0.800. The maximum absolute atomic E-state index is 3.78. The van der Waals surface area contributed by atoms with Crippen molar-refractivity contribution in [3.8, 4) is 0 Å². The van der Waals surface area contributed by atoms with Crippen molar-refractivity contribution < 1.29 is 0 Å². The van der Waals surface area contributed by atoms with Gasteiger partial charge in [-0.1, -0.05) is 31.6 Å². The van der Waals surface area contributed by atoms with Crippen LogP contribution in [0.15, 0.2) is 24.3 Å². The molecule has 0 aliphatic carbocycles. The summed E-state index contributed by atoms with van der Waals surface area (Å²) in [6.45, 7) is 12.8. The second kappa shape index (κ2) is 7.84. The summed E-state index contributed by atoms with van der Waals surface area (Å²) < 4.78 is 0. The standard InChI is InChI=1S/C14H26/c1-6-8-13(4)11-14(5)10-7-9-12(2)3/h6,9,13-14H,1,7-8,10-11H2,2-5H3/t13-,14-/m0/s1. The number of hydrogen-bond acceptors (Lipinski definition) is 0. The smallest absolute Gasteiger partial charge is 0.0327 e. The Morgan fingerprint density at radius 2 is 1.86 bits per heavy atom. The lowest BCUT2D eigenvalue weighted by atomic mass is 9.91. The highest BCUT2D eigenvalue weighted by atomic mass is 14.1. The Morgan fingerprint density at radius 1 is 1.21 bits per heavy atom. The summed E-state index contributed by atoms with van der Waals surface area (Å²) in [6.07, 6.45) is 9.44. The molecule has 0 nitrogen and oxygen atoms in total. The molecule has 2 atom stereocenters. The molecule has 0 amide bonds. The fourth-order valence-electron chi connectivity index (χ4n) is 1.84. The molecule has 0 bridgehead atoms. The monoisotopic (exact) mass is 194 g/mol. The van der Waals surface area contributed by atoms with E-state index in [-0.39, 0.29) is 0 Å². The molecule has 0 N–H and O–H groups in total. The lowest BCUT2D eigenvalue weighted by Gasteiger charge is -2.15. The van der Waals surface area contributed by atoms with Gasteiger partial charge in [0.1, 0.15) is 0 Å². The summed E-state index contributed by atoms with van der Waals surface area (Å²) in [4.78, 5) is 0. The van der Waals surface area contributed by atoms with E-state index in [0.717, 1.165) is 18.3 Å². The molecule has 0 aromatic rings. The lowest BCUT2D eigenvalue weighted by molar-refractivity contribution is 0.399. The fraction of sp³-hybridized carbons (Fsp3) is 0.714. The molecule has 0 fully saturated rings. The van der Waals surface area contributed by atoms with Gasteiger partial charge in [-0.25, -0.2) is 0 Å². The highest BCUT2D eigenvalue weighted by molar-refractivity contribution is 4.92. The average molecular weight is 194 g/mol. The molecular formula is C14H26. The van der Waals surface area contributed by atoms with E-state index in [1.165, 1.54) is 24.8 Å². The highest BCUT2D eigenvalue weighted by Gasteiger charge is 2.06. The number of allylic oxidation sites excluding steroid dienone is 3. The molecule has 0 heteroatoms. The molecule has 0 aromatic carbocycles. The Labute approximate surface area is 90.1 Å². The molecule has 0 saturated heterocycles. The van der Waals surface area contributed by atoms with Crippen LogP contribution in [0.4, 0.5) is 0 Å². The lowest BCUT2D eigenvalue weighted by Crippen LogP contribution is -2.02. The van der Waals surface area contributed by atoms with Gasteiger partial charge >= 0.3 is 0 Å². The average Bonchev–Trinajstić information content (AvgIpc) is 2.03. The quantitative estimate of drug-likeness (QED) is 0.502. The first-order chi connectivity index (χ1) is 6.56. The summed E-state index contributed by atoms with van der Waals surface area (Å²) in [6, 6.07) is 0. The van der Waals surface area contributed by atoms with Gasteiger partial charge in [-0.3, -0.25) is 0 Å². The first-order valence-corrected chi connectivity index (χ1v) is 5.80. The van der Waals surface area contributed by atoms with E-state index in [1.807, 2.05) is 6.08 Å². The van der Waals surface area contributed by atoms with Crippen LogP contribution >= 0.6 is 0 Å². The molecule has 0 aromatic heterocycles. The Hall–Kier alpha value is -0.520. The van der Waals surface area contributed by atoms with E-state index in [9.17, 15) is 0 Å². The third-order valence-corrected chi connectivity index (χ3v) is 2.59. The van der Waals surface area contributed by atoms with Gasteiger partial charge in [0.15, 0.2) is 0 Å². The molecule has 14 heavy (non-hydrogen) atoms. The second-order valence-corrected chi connectivity index (χ2v) is 4.83. The van der Waals surface area contributed by atoms with Crippen molar-refractivity contribution in [3.05, 3.63) is 24.3 Å². The SMILES string of the molecule is C=CC[C@H](C)C[C@@H](C)CCC=C(C)C. The summed E-state index contributed by atoms with van der Waals surface area (Å²) in [5, 5.41) is 0. The molecule has 0 aliphatic heterocycles. The van der Waals surface area contributed by atoms with E-state index in [4.69, 9.17) is 0 Å². The summed E-state index contributed by atoms with van der Waals surface area (Å²) in [5.41, 5.74) is 1.44. The van der Waals surface area contributed by atoms with Crippen molar-refractivity contribution >= 4 is 0 Å². The Balaban J connectivity index is 3.59. The van der Waals surface area contributed by atoms with Crippen molar-refractivity contribution in [1.82, 2.24) is 0 Å². The van der Waals surface area contributed by atoms with Crippen LogP contribution in [0.1, 0.15) is 53.4 Å². The minimum atomic E-state index is 0.800. The molecule has 0 radical (unpaired) electrons. The minimum Gasteiger partial charge on any atom is -0.103 e. The predicted molar refractivity (Wildman–Crippen MR) is 66.4 cm³/mol. The van der Waals surface area contributed by atoms with Crippen LogP contribution in [0.2, 0.25) is 0 Å². The maximum Gasteiger partial charge on any atom is -0.0327 e. The first kappa shape index (κ1) is 13.5. The van der Waals surface area contributed by atoms with Gasteiger partial charge in [0.05, 0.1) is 0 Å². The van der Waals surface area contributed by atoms with Crippen LogP contribution < -0.4 is 0 Å². The molecule has 0 rings (SSSR count). The van der Waals surface area contributed by atoms with Crippen molar-refractivity contribution in [3.63, 3.8) is 0 Å². The van der Waals surface area contributed by atoms with Crippen LogP contribution in [-0.4, -0.2) is 0 Å². The third-order valence-electron chi connectivity index (χ3n) is 2.59. The Kier molecular flexibility index (Phi) is 7.55. The molecule has 0 heterocycles. The maximum atomic E-state index is 3.78. The van der Waals surface area contributed by atoms with E-state index >= 15 is 0 Å². The van der Waals surface area contributed by atoms with Crippen molar-refractivity contribution in [1.29, 1.82) is 0 Å². The second-order valence-electron chi connectivity index (χ2n) is 4.83. The Bertz CT molecular complexity index is 172. The summed E-state index contributed by atoms with van der Waals surface area (Å²) >= 11 is 0. The molecule has 0 spiro atoms. The topological polar surface area (TPSA) is 0 Å². The van der Waals surface area contributed by atoms with Crippen molar-refractivity contribution in [2.75, 3.05) is 0 Å². The van der Waals surface area contributed by atoms with Gasteiger partial charge in [-0.2, -0.15) is 0 Å². The van der Waals surface area contributed by atoms with Crippen LogP contribution in [0.25, 0.3) is 0 Å². The zero-order valence-corrected chi connectivity index (χ0v) is 10.3. The van der Waals surface area contributed by atoms with Crippen LogP contribution in [0.3, 0.4) is 0 Å². The summed E-state index contributed by atoms with van der Waals surface area (Å²) in [7, 11) is 0. The van der Waals surface area contributed by atoms with Gasteiger partial charge in [-0.15, -0.1) is 6.58 Å². The van der Waals surface area contributed by atoms with Crippen LogP contribution in [-0.2, 0) is 0 Å². The summed E-state index contributed by atoms with van der Waals surface area (Å²) in [5.74, 6) is 1.65. The zero-order valence-electron chi connectivity index (χ0n) is 10.3. The highest BCUT2D eigenvalue weighted by Crippen LogP contribution is 2.19. The van der Waals surface area contributed by atoms with E-state index in [0.29, 0.717) is 0 Å². The van der Waals surface area contributed by atoms with Gasteiger partial charge < -0.3 is 0 Å². The zero-order chi connectivity index (χ0) is 11.0. The van der Waals surface area contributed by atoms with E-state index < -0.39 is 0 Å². The molecule has 0 saturated carbocycles. The van der Waals surface area contributed by atoms with Gasteiger partial charge in [0.2, 0.25) is 0 Å². The van der Waals surface area contributed by atoms with E-state index in [1.54, 1.807) is 0 Å². The van der Waals surface area contributed by atoms with Crippen molar-refractivity contribution in [2.45, 2.75) is 53.4 Å². The van der Waals surface area contributed by atoms with Gasteiger partial charge in [-0.05, 0) is 51.4 Å². The van der Waals surface area contributed by atoms with E-state index in [2.05, 4.69) is 40.3 Å². The predicted octanol–water partition coefficient (Wildman–Crippen LogP) is 4.97. The molecular weight excluding hydrogens is 168 g/mol. The van der Waals surface area contributed by atoms with Crippen LogP contribution in [0.5, 0.6) is 0 Å². The van der Waals surface area contributed by atoms with Gasteiger partial charge in [0.25, 0.3) is 0 Å². The molecule has 0 unspecified atom stereocenters. The normalized spacial score (nSPS) is 14.6. The molecule has 0 aliphatic rings. The van der Waals surface area contributed by atoms with Gasteiger partial charge in [0, 0.05) is 0 Å². The largest absolute Gasteiger partial charge is 0.103 e. The first-order valence-electron chi connectivity index (χ1n) is 5.80. The number of hydrogen-bond donors (Lipinski definition) is 0. The van der Waals surface area contributed by atoms with Crippen molar-refractivity contribution in [2.24, 2.45) is 11.8 Å². The number of rotatable bonds is 7.